The van der Waals surface area contributed by atoms with Crippen molar-refractivity contribution < 1.29 is 4.79 Å². The number of amides is 1. The molecule has 1 atom stereocenters. The quantitative estimate of drug-likeness (QED) is 0.814. The number of carbonyl (C=O) groups excluding carboxylic acids is 1. The molecule has 0 unspecified atom stereocenters. The summed E-state index contributed by atoms with van der Waals surface area (Å²) in [5.74, 6) is 0.628. The first-order chi connectivity index (χ1) is 10.7. The number of hydrogen-bond donors (Lipinski definition) is 2. The van der Waals surface area contributed by atoms with Crippen molar-refractivity contribution in [3.8, 4) is 5.82 Å². The van der Waals surface area contributed by atoms with Crippen molar-refractivity contribution in [2.75, 3.05) is 13.1 Å². The lowest BCUT2D eigenvalue weighted by atomic mass is 10.2. The molecule has 0 spiro atoms. The number of likely N-dealkylation sites (N-methyl/N-ethyl adjacent to an activating group) is 1. The number of aromatic nitrogens is 3. The predicted molar refractivity (Wildman–Crippen MR) is 86.2 cm³/mol. The van der Waals surface area contributed by atoms with Gasteiger partial charge in [0.2, 0.25) is 0 Å². The third kappa shape index (κ3) is 3.71. The summed E-state index contributed by atoms with van der Waals surface area (Å²) in [6.07, 6.45) is 4.04. The van der Waals surface area contributed by atoms with E-state index in [1.165, 1.54) is 0 Å². The topological polar surface area (TPSA) is 71.8 Å². The van der Waals surface area contributed by atoms with E-state index in [0.717, 1.165) is 18.1 Å². The Hall–Kier alpha value is -2.21. The molecule has 0 radical (unpaired) electrons. The van der Waals surface area contributed by atoms with Crippen molar-refractivity contribution in [2.24, 2.45) is 0 Å². The molecule has 2 rings (SSSR count). The zero-order valence-corrected chi connectivity index (χ0v) is 13.3. The maximum atomic E-state index is 12.4. The molecule has 0 aliphatic heterocycles. The van der Waals surface area contributed by atoms with Crippen LogP contribution in [0.2, 0.25) is 0 Å². The number of carbonyl (C=O) groups is 1. The van der Waals surface area contributed by atoms with Gasteiger partial charge in [-0.1, -0.05) is 19.9 Å². The molecule has 118 valence electrons. The fourth-order valence-corrected chi connectivity index (χ4v) is 2.34. The van der Waals surface area contributed by atoms with E-state index < -0.39 is 0 Å². The number of rotatable bonds is 7. The molecule has 1 amide bonds. The van der Waals surface area contributed by atoms with E-state index in [1.807, 2.05) is 39.0 Å². The van der Waals surface area contributed by atoms with Gasteiger partial charge in [-0.3, -0.25) is 4.79 Å². The Morgan fingerprint density at radius 1 is 1.36 bits per heavy atom. The van der Waals surface area contributed by atoms with Crippen LogP contribution < -0.4 is 10.6 Å². The minimum absolute atomic E-state index is 0.0937. The molecule has 0 aliphatic rings. The second-order valence-electron chi connectivity index (χ2n) is 5.13. The van der Waals surface area contributed by atoms with E-state index in [-0.39, 0.29) is 11.9 Å². The zero-order chi connectivity index (χ0) is 15.9. The first-order valence-electron chi connectivity index (χ1n) is 7.67. The van der Waals surface area contributed by atoms with Crippen molar-refractivity contribution in [1.29, 1.82) is 0 Å². The Morgan fingerprint density at radius 2 is 2.18 bits per heavy atom. The molecular formula is C16H23N5O. The van der Waals surface area contributed by atoms with E-state index in [1.54, 1.807) is 17.1 Å². The molecule has 2 aromatic rings. The molecule has 0 saturated carbocycles. The zero-order valence-electron chi connectivity index (χ0n) is 13.3. The summed E-state index contributed by atoms with van der Waals surface area (Å²) in [6.45, 7) is 7.57. The predicted octanol–water partition coefficient (Wildman–Crippen LogP) is 1.56. The largest absolute Gasteiger partial charge is 0.350 e. The normalized spacial score (nSPS) is 12.1. The minimum atomic E-state index is -0.0937. The maximum absolute atomic E-state index is 12.4. The highest BCUT2D eigenvalue weighted by Crippen LogP contribution is 2.14. The maximum Gasteiger partial charge on any atom is 0.254 e. The van der Waals surface area contributed by atoms with Crippen LogP contribution in [0.25, 0.3) is 5.82 Å². The smallest absolute Gasteiger partial charge is 0.254 e. The molecule has 2 aromatic heterocycles. The van der Waals surface area contributed by atoms with Gasteiger partial charge in [0.05, 0.1) is 17.5 Å². The van der Waals surface area contributed by atoms with Crippen LogP contribution in [0, 0.1) is 0 Å². The highest BCUT2D eigenvalue weighted by Gasteiger charge is 2.17. The van der Waals surface area contributed by atoms with Crippen molar-refractivity contribution >= 4 is 5.91 Å². The van der Waals surface area contributed by atoms with Gasteiger partial charge >= 0.3 is 0 Å². The SMILES string of the molecule is CCN[C@H](C)CNC(=O)c1cnn(-c2ccccn2)c1CC. The van der Waals surface area contributed by atoms with Gasteiger partial charge in [-0.25, -0.2) is 9.67 Å². The van der Waals surface area contributed by atoms with E-state index >= 15 is 0 Å². The Balaban J connectivity index is 2.15. The van der Waals surface area contributed by atoms with Crippen molar-refractivity contribution in [3.05, 3.63) is 41.9 Å². The van der Waals surface area contributed by atoms with Crippen molar-refractivity contribution in [3.63, 3.8) is 0 Å². The molecule has 6 heteroatoms. The van der Waals surface area contributed by atoms with Gasteiger partial charge in [0.15, 0.2) is 5.82 Å². The number of pyridine rings is 1. The van der Waals surface area contributed by atoms with Crippen LogP contribution in [0.3, 0.4) is 0 Å². The molecule has 0 aliphatic carbocycles. The first kappa shape index (κ1) is 16.2. The molecule has 0 saturated heterocycles. The lowest BCUT2D eigenvalue weighted by molar-refractivity contribution is 0.0949. The van der Waals surface area contributed by atoms with Crippen LogP contribution in [-0.2, 0) is 6.42 Å². The average molecular weight is 301 g/mol. The van der Waals surface area contributed by atoms with Crippen LogP contribution in [-0.4, -0.2) is 39.8 Å². The summed E-state index contributed by atoms with van der Waals surface area (Å²) in [5.41, 5.74) is 1.48. The molecule has 0 fully saturated rings. The Morgan fingerprint density at radius 3 is 2.82 bits per heavy atom. The van der Waals surface area contributed by atoms with Gasteiger partial charge in [-0.05, 0) is 32.0 Å². The average Bonchev–Trinajstić information content (AvgIpc) is 2.97. The van der Waals surface area contributed by atoms with Crippen molar-refractivity contribution in [2.45, 2.75) is 33.2 Å². The fourth-order valence-electron chi connectivity index (χ4n) is 2.34. The standard InChI is InChI=1S/C16H23N5O/c1-4-14-13(16(22)19-10-12(3)17-5-2)11-20-21(14)15-8-6-7-9-18-15/h6-9,11-12,17H,4-5,10H2,1-3H3,(H,19,22)/t12-/m1/s1. The Labute approximate surface area is 130 Å². The molecular weight excluding hydrogens is 278 g/mol. The first-order valence-corrected chi connectivity index (χ1v) is 7.67. The highest BCUT2D eigenvalue weighted by atomic mass is 16.1. The molecule has 0 bridgehead atoms. The summed E-state index contributed by atoms with van der Waals surface area (Å²) >= 11 is 0. The monoisotopic (exact) mass is 301 g/mol. The molecule has 6 nitrogen and oxygen atoms in total. The molecule has 2 heterocycles. The second-order valence-corrected chi connectivity index (χ2v) is 5.13. The molecule has 2 N–H and O–H groups in total. The van der Waals surface area contributed by atoms with Gasteiger partial charge in [-0.15, -0.1) is 0 Å². The minimum Gasteiger partial charge on any atom is -0.350 e. The summed E-state index contributed by atoms with van der Waals surface area (Å²) < 4.78 is 1.72. The number of nitrogens with one attached hydrogen (secondary N) is 2. The summed E-state index contributed by atoms with van der Waals surface area (Å²) in [4.78, 5) is 16.7. The lowest BCUT2D eigenvalue weighted by Gasteiger charge is -2.13. The van der Waals surface area contributed by atoms with Crippen molar-refractivity contribution in [1.82, 2.24) is 25.4 Å². The van der Waals surface area contributed by atoms with Gasteiger partial charge < -0.3 is 10.6 Å². The third-order valence-corrected chi connectivity index (χ3v) is 3.44. The van der Waals surface area contributed by atoms with Gasteiger partial charge in [0, 0.05) is 18.8 Å². The lowest BCUT2D eigenvalue weighted by Crippen LogP contribution is -2.39. The number of nitrogens with zero attached hydrogens (tertiary/aromatic N) is 3. The van der Waals surface area contributed by atoms with Crippen LogP contribution in [0.15, 0.2) is 30.6 Å². The molecule has 0 aromatic carbocycles. The summed E-state index contributed by atoms with van der Waals surface area (Å²) in [6, 6.07) is 5.88. The summed E-state index contributed by atoms with van der Waals surface area (Å²) in [7, 11) is 0. The second kappa shape index (κ2) is 7.70. The fraction of sp³-hybridized carbons (Fsp3) is 0.438. The molecule has 22 heavy (non-hydrogen) atoms. The van der Waals surface area contributed by atoms with E-state index in [0.29, 0.717) is 18.5 Å². The highest BCUT2D eigenvalue weighted by molar-refractivity contribution is 5.95. The van der Waals surface area contributed by atoms with E-state index in [2.05, 4.69) is 20.7 Å². The van der Waals surface area contributed by atoms with Crippen LogP contribution in [0.5, 0.6) is 0 Å². The van der Waals surface area contributed by atoms with Crippen LogP contribution >= 0.6 is 0 Å². The van der Waals surface area contributed by atoms with Gasteiger partial charge in [0.1, 0.15) is 0 Å². The Bertz CT molecular complexity index is 608. The van der Waals surface area contributed by atoms with E-state index in [9.17, 15) is 4.79 Å². The van der Waals surface area contributed by atoms with Gasteiger partial charge in [-0.2, -0.15) is 5.10 Å². The number of hydrogen-bond acceptors (Lipinski definition) is 4. The Kier molecular flexibility index (Phi) is 5.66. The van der Waals surface area contributed by atoms with Gasteiger partial charge in [0.25, 0.3) is 5.91 Å². The third-order valence-electron chi connectivity index (χ3n) is 3.44. The summed E-state index contributed by atoms with van der Waals surface area (Å²) in [5, 5.41) is 10.5. The van der Waals surface area contributed by atoms with Crippen LogP contribution in [0.1, 0.15) is 36.8 Å². The van der Waals surface area contributed by atoms with Crippen LogP contribution in [0.4, 0.5) is 0 Å². The van der Waals surface area contributed by atoms with E-state index in [4.69, 9.17) is 0 Å².